The number of rotatable bonds is 8. The van der Waals surface area contributed by atoms with Gasteiger partial charge in [-0.15, -0.1) is 6.58 Å². The minimum absolute atomic E-state index is 0.198. The number of hydroxylamine groups is 1. The maximum Gasteiger partial charge on any atom is 0.414 e. The molecule has 1 aromatic rings. The summed E-state index contributed by atoms with van der Waals surface area (Å²) in [6.07, 6.45) is 3.28. The van der Waals surface area contributed by atoms with E-state index in [9.17, 15) is 14.0 Å². The monoisotopic (exact) mass is 404 g/mol. The second-order valence-corrected chi connectivity index (χ2v) is 6.82. The van der Waals surface area contributed by atoms with E-state index in [1.807, 2.05) is 11.0 Å². The van der Waals surface area contributed by atoms with Gasteiger partial charge in [-0.2, -0.15) is 0 Å². The molecule has 1 atom stereocenters. The van der Waals surface area contributed by atoms with Crippen LogP contribution in [-0.4, -0.2) is 50.9 Å². The van der Waals surface area contributed by atoms with E-state index in [-0.39, 0.29) is 19.0 Å². The van der Waals surface area contributed by atoms with Crippen molar-refractivity contribution in [1.29, 1.82) is 0 Å². The van der Waals surface area contributed by atoms with Gasteiger partial charge >= 0.3 is 6.09 Å². The minimum atomic E-state index is -0.552. The predicted octanol–water partition coefficient (Wildman–Crippen LogP) is 2.09. The van der Waals surface area contributed by atoms with Crippen LogP contribution in [0, 0.1) is 5.82 Å². The quantitative estimate of drug-likeness (QED) is 0.392. The first kappa shape index (κ1) is 20.7. The summed E-state index contributed by atoms with van der Waals surface area (Å²) >= 11 is 0. The Bertz CT molecular complexity index is 814. The maximum absolute atomic E-state index is 14.8. The van der Waals surface area contributed by atoms with Crippen molar-refractivity contribution < 1.29 is 23.6 Å². The number of benzene rings is 1. The van der Waals surface area contributed by atoms with Gasteiger partial charge in [-0.1, -0.05) is 6.08 Å². The zero-order valence-electron chi connectivity index (χ0n) is 16.3. The molecular formula is C20H25FN4O4. The summed E-state index contributed by atoms with van der Waals surface area (Å²) in [6.45, 7) is 7.04. The highest BCUT2D eigenvalue weighted by Crippen LogP contribution is 2.29. The third kappa shape index (κ3) is 5.26. The molecule has 2 aliphatic rings. The number of carbonyl (C=O) groups excluding carboxylic acids is 2. The van der Waals surface area contributed by atoms with Crippen LogP contribution < -0.4 is 20.6 Å². The number of nitrogens with zero attached hydrogens (tertiary/aromatic N) is 2. The van der Waals surface area contributed by atoms with Crippen LogP contribution in [0.25, 0.3) is 0 Å². The molecule has 0 saturated carbocycles. The Hall–Kier alpha value is -3.07. The van der Waals surface area contributed by atoms with Crippen molar-refractivity contribution in [3.63, 3.8) is 0 Å². The lowest BCUT2D eigenvalue weighted by molar-refractivity contribution is -0.119. The summed E-state index contributed by atoms with van der Waals surface area (Å²) in [6, 6.07) is 4.70. The number of nitrogens with one attached hydrogen (secondary N) is 2. The summed E-state index contributed by atoms with van der Waals surface area (Å²) in [7, 11) is 0. The third-order valence-corrected chi connectivity index (χ3v) is 4.65. The van der Waals surface area contributed by atoms with Crippen molar-refractivity contribution in [3.05, 3.63) is 48.4 Å². The van der Waals surface area contributed by atoms with E-state index >= 15 is 0 Å². The Morgan fingerprint density at radius 3 is 2.97 bits per heavy atom. The normalized spacial score (nSPS) is 18.9. The molecule has 1 aromatic carbocycles. The number of hydrogen-bond acceptors (Lipinski definition) is 6. The standard InChI is InChI=1S/C20H25FN4O4/c1-3-10-28-23-15-6-8-24(9-7-15)19-5-4-16(11-18(19)21)25-13-17(29-20(25)27)12-22-14(2)26/h3-6,11,17,23H,1,7-10,12-13H2,2H3,(H,22,26). The molecule has 2 N–H and O–H groups in total. The fourth-order valence-electron chi connectivity index (χ4n) is 3.19. The fraction of sp³-hybridized carbons (Fsp3) is 0.400. The zero-order chi connectivity index (χ0) is 20.8. The number of ether oxygens (including phenoxy) is 1. The second kappa shape index (κ2) is 9.42. The topological polar surface area (TPSA) is 83.1 Å². The van der Waals surface area contributed by atoms with E-state index in [1.54, 1.807) is 18.2 Å². The number of halogens is 1. The predicted molar refractivity (Wildman–Crippen MR) is 107 cm³/mol. The maximum atomic E-state index is 14.8. The summed E-state index contributed by atoms with van der Waals surface area (Å²) in [5, 5.41) is 2.62. The Morgan fingerprint density at radius 2 is 2.31 bits per heavy atom. The van der Waals surface area contributed by atoms with Gasteiger partial charge in [0.25, 0.3) is 0 Å². The van der Waals surface area contributed by atoms with Crippen LogP contribution in [0.5, 0.6) is 0 Å². The fourth-order valence-corrected chi connectivity index (χ4v) is 3.19. The van der Waals surface area contributed by atoms with Gasteiger partial charge in [-0.3, -0.25) is 20.0 Å². The van der Waals surface area contributed by atoms with Crippen LogP contribution in [0.1, 0.15) is 13.3 Å². The van der Waals surface area contributed by atoms with Crippen molar-refractivity contribution in [1.82, 2.24) is 10.8 Å². The van der Waals surface area contributed by atoms with E-state index in [2.05, 4.69) is 17.4 Å². The molecule has 0 spiro atoms. The average Bonchev–Trinajstić information content (AvgIpc) is 3.08. The molecule has 3 rings (SSSR count). The first-order valence-corrected chi connectivity index (χ1v) is 9.42. The highest BCUT2D eigenvalue weighted by Gasteiger charge is 2.33. The van der Waals surface area contributed by atoms with Crippen molar-refractivity contribution in [2.45, 2.75) is 19.4 Å². The van der Waals surface area contributed by atoms with Crippen LogP contribution in [0.3, 0.4) is 0 Å². The summed E-state index contributed by atoms with van der Waals surface area (Å²) in [5.41, 5.74) is 4.71. The highest BCUT2D eigenvalue weighted by molar-refractivity contribution is 5.90. The number of anilines is 2. The van der Waals surface area contributed by atoms with E-state index in [4.69, 9.17) is 9.57 Å². The van der Waals surface area contributed by atoms with Gasteiger partial charge in [0.05, 0.1) is 31.1 Å². The molecule has 156 valence electrons. The minimum Gasteiger partial charge on any atom is -0.442 e. The molecule has 1 unspecified atom stereocenters. The van der Waals surface area contributed by atoms with Gasteiger partial charge in [0.2, 0.25) is 5.91 Å². The number of amides is 2. The molecule has 29 heavy (non-hydrogen) atoms. The van der Waals surface area contributed by atoms with Gasteiger partial charge in [-0.25, -0.2) is 9.18 Å². The van der Waals surface area contributed by atoms with Crippen LogP contribution in [0.2, 0.25) is 0 Å². The van der Waals surface area contributed by atoms with Crippen molar-refractivity contribution in [2.24, 2.45) is 0 Å². The van der Waals surface area contributed by atoms with Gasteiger partial charge in [0.1, 0.15) is 11.9 Å². The van der Waals surface area contributed by atoms with Gasteiger partial charge in [0, 0.05) is 32.1 Å². The largest absolute Gasteiger partial charge is 0.442 e. The lowest BCUT2D eigenvalue weighted by Gasteiger charge is -2.29. The SMILES string of the molecule is C=CCONC1=CCN(c2ccc(N3CC(CNC(C)=O)OC3=O)cc2F)CC1. The molecule has 2 amide bonds. The second-order valence-electron chi connectivity index (χ2n) is 6.82. The van der Waals surface area contributed by atoms with Crippen LogP contribution in [-0.2, 0) is 14.4 Å². The van der Waals surface area contributed by atoms with Crippen molar-refractivity contribution in [3.8, 4) is 0 Å². The lowest BCUT2D eigenvalue weighted by Crippen LogP contribution is -2.33. The van der Waals surface area contributed by atoms with Crippen LogP contribution in [0.4, 0.5) is 20.6 Å². The molecule has 0 radical (unpaired) electrons. The van der Waals surface area contributed by atoms with Crippen LogP contribution >= 0.6 is 0 Å². The molecule has 0 bridgehead atoms. The number of cyclic esters (lactones) is 1. The Balaban J connectivity index is 1.61. The average molecular weight is 404 g/mol. The van der Waals surface area contributed by atoms with Crippen molar-refractivity contribution >= 4 is 23.4 Å². The first-order chi connectivity index (χ1) is 14.0. The molecule has 0 aromatic heterocycles. The van der Waals surface area contributed by atoms with Gasteiger partial charge in [0.15, 0.2) is 0 Å². The smallest absolute Gasteiger partial charge is 0.414 e. The molecule has 1 fully saturated rings. The van der Waals surface area contributed by atoms with Gasteiger partial charge in [-0.05, 0) is 24.3 Å². The Morgan fingerprint density at radius 1 is 1.48 bits per heavy atom. The van der Waals surface area contributed by atoms with E-state index in [1.165, 1.54) is 17.9 Å². The molecule has 1 saturated heterocycles. The lowest BCUT2D eigenvalue weighted by atomic mass is 10.1. The summed E-state index contributed by atoms with van der Waals surface area (Å²) in [4.78, 5) is 31.6. The third-order valence-electron chi connectivity index (χ3n) is 4.65. The van der Waals surface area contributed by atoms with E-state index < -0.39 is 18.0 Å². The van der Waals surface area contributed by atoms with Crippen molar-refractivity contribution in [2.75, 3.05) is 42.6 Å². The molecule has 2 aliphatic heterocycles. The summed E-state index contributed by atoms with van der Waals surface area (Å²) in [5.74, 6) is -0.607. The highest BCUT2D eigenvalue weighted by atomic mass is 19.1. The number of hydrogen-bond donors (Lipinski definition) is 2. The first-order valence-electron chi connectivity index (χ1n) is 9.42. The zero-order valence-corrected chi connectivity index (χ0v) is 16.3. The Labute approximate surface area is 168 Å². The van der Waals surface area contributed by atoms with Crippen LogP contribution in [0.15, 0.2) is 42.6 Å². The molecule has 9 heteroatoms. The Kier molecular flexibility index (Phi) is 6.71. The summed E-state index contributed by atoms with van der Waals surface area (Å²) < 4.78 is 20.0. The van der Waals surface area contributed by atoms with E-state index in [0.29, 0.717) is 37.5 Å². The molecule has 2 heterocycles. The van der Waals surface area contributed by atoms with E-state index in [0.717, 1.165) is 5.70 Å². The molecular weight excluding hydrogens is 379 g/mol. The van der Waals surface area contributed by atoms with Gasteiger partial charge < -0.3 is 15.0 Å². The molecule has 0 aliphatic carbocycles. The molecule has 8 nitrogen and oxygen atoms in total. The number of carbonyl (C=O) groups is 2.